The van der Waals surface area contributed by atoms with Gasteiger partial charge in [0.25, 0.3) is 0 Å². The minimum atomic E-state index is 0.0472. The Hall–Kier alpha value is -1.06. The molecule has 4 heteroatoms. The number of amides is 1. The van der Waals surface area contributed by atoms with Crippen LogP contribution in [0, 0.1) is 11.3 Å². The molecule has 114 valence electrons. The topological polar surface area (TPSA) is 29.5 Å². The number of halogens is 1. The predicted molar refractivity (Wildman–Crippen MR) is 83.3 cm³/mol. The van der Waals surface area contributed by atoms with Crippen LogP contribution in [0.1, 0.15) is 25.8 Å². The summed E-state index contributed by atoms with van der Waals surface area (Å²) in [5.74, 6) is 0.667. The molecule has 21 heavy (non-hydrogen) atoms. The van der Waals surface area contributed by atoms with E-state index >= 15 is 0 Å². The van der Waals surface area contributed by atoms with Crippen LogP contribution in [0.4, 0.5) is 0 Å². The lowest BCUT2D eigenvalue weighted by Gasteiger charge is -2.57. The third-order valence-corrected chi connectivity index (χ3v) is 5.37. The Balaban J connectivity index is 1.69. The second-order valence-electron chi connectivity index (χ2n) is 6.82. The molecule has 3 rings (SSSR count). The van der Waals surface area contributed by atoms with E-state index in [0.717, 1.165) is 18.6 Å². The molecular weight excluding hydrogens is 286 g/mol. The van der Waals surface area contributed by atoms with Crippen molar-refractivity contribution in [3.63, 3.8) is 0 Å². The van der Waals surface area contributed by atoms with Gasteiger partial charge in [-0.1, -0.05) is 37.6 Å². The zero-order valence-corrected chi connectivity index (χ0v) is 13.6. The number of ether oxygens (including phenoxy) is 1. The highest BCUT2D eigenvalue weighted by Crippen LogP contribution is 2.54. The highest BCUT2D eigenvalue weighted by Gasteiger charge is 2.61. The fourth-order valence-corrected chi connectivity index (χ4v) is 4.27. The molecule has 1 aliphatic carbocycles. The molecule has 2 fully saturated rings. The minimum Gasteiger partial charge on any atom is -0.377 e. The summed E-state index contributed by atoms with van der Waals surface area (Å²) in [6.07, 6.45) is 1.81. The number of carbonyl (C=O) groups excluding carboxylic acids is 1. The van der Waals surface area contributed by atoms with Crippen LogP contribution < -0.4 is 0 Å². The molecule has 0 radical (unpaired) electrons. The first kappa shape index (κ1) is 14.9. The van der Waals surface area contributed by atoms with Gasteiger partial charge in [0.1, 0.15) is 0 Å². The summed E-state index contributed by atoms with van der Waals surface area (Å²) in [5, 5.41) is 0.700. The number of nitrogens with zero attached hydrogens (tertiary/aromatic N) is 1. The van der Waals surface area contributed by atoms with E-state index < -0.39 is 0 Å². The van der Waals surface area contributed by atoms with E-state index in [1.54, 1.807) is 0 Å². The Labute approximate surface area is 131 Å². The van der Waals surface area contributed by atoms with Crippen LogP contribution >= 0.6 is 11.6 Å². The number of benzene rings is 1. The average molecular weight is 308 g/mol. The number of fused-ring (bicyclic) bond motifs is 1. The molecule has 0 unspecified atom stereocenters. The first-order valence-electron chi connectivity index (χ1n) is 7.53. The molecule has 1 saturated carbocycles. The quantitative estimate of drug-likeness (QED) is 0.858. The van der Waals surface area contributed by atoms with Crippen LogP contribution in [-0.4, -0.2) is 36.6 Å². The summed E-state index contributed by atoms with van der Waals surface area (Å²) in [6, 6.07) is 7.78. The molecule has 3 nitrogen and oxygen atoms in total. The monoisotopic (exact) mass is 307 g/mol. The molecule has 2 aliphatic rings. The highest BCUT2D eigenvalue weighted by atomic mass is 35.5. The zero-order valence-electron chi connectivity index (χ0n) is 12.8. The molecule has 1 aromatic rings. The molecule has 1 aliphatic heterocycles. The van der Waals surface area contributed by atoms with Gasteiger partial charge in [-0.25, -0.2) is 0 Å². The Bertz CT molecular complexity index is 540. The normalized spacial score (nSPS) is 29.6. The third-order valence-electron chi connectivity index (χ3n) is 5.12. The lowest BCUT2D eigenvalue weighted by molar-refractivity contribution is -0.166. The van der Waals surface area contributed by atoms with Crippen LogP contribution in [0.3, 0.4) is 0 Å². The van der Waals surface area contributed by atoms with Gasteiger partial charge in [-0.2, -0.15) is 0 Å². The van der Waals surface area contributed by atoms with Gasteiger partial charge in [-0.3, -0.25) is 4.79 Å². The second-order valence-corrected chi connectivity index (χ2v) is 7.25. The number of hydrogen-bond acceptors (Lipinski definition) is 2. The summed E-state index contributed by atoms with van der Waals surface area (Å²) in [6.45, 7) is 5.24. The lowest BCUT2D eigenvalue weighted by atomic mass is 9.57. The second kappa shape index (κ2) is 5.29. The van der Waals surface area contributed by atoms with Crippen molar-refractivity contribution in [2.45, 2.75) is 38.8 Å². The molecule has 1 saturated heterocycles. The van der Waals surface area contributed by atoms with E-state index in [0.29, 0.717) is 23.5 Å². The van der Waals surface area contributed by atoms with Crippen molar-refractivity contribution in [1.82, 2.24) is 4.90 Å². The number of likely N-dealkylation sites (N-methyl/N-ethyl adjacent to an activating group) is 1. The third kappa shape index (κ3) is 2.47. The smallest absolute Gasteiger partial charge is 0.227 e. The fourth-order valence-electron chi connectivity index (χ4n) is 4.14. The molecule has 0 spiro atoms. The Morgan fingerprint density at radius 1 is 1.38 bits per heavy atom. The van der Waals surface area contributed by atoms with Crippen LogP contribution in [0.15, 0.2) is 24.3 Å². The summed E-state index contributed by atoms with van der Waals surface area (Å²) in [5.41, 5.74) is 1.05. The molecule has 1 aromatic carbocycles. The van der Waals surface area contributed by atoms with Gasteiger partial charge in [-0.15, -0.1) is 0 Å². The highest BCUT2D eigenvalue weighted by molar-refractivity contribution is 6.30. The van der Waals surface area contributed by atoms with Crippen molar-refractivity contribution in [3.8, 4) is 0 Å². The molecule has 1 heterocycles. The number of carbonyl (C=O) groups is 1. The van der Waals surface area contributed by atoms with Crippen molar-refractivity contribution >= 4 is 17.5 Å². The molecule has 0 aromatic heterocycles. The van der Waals surface area contributed by atoms with E-state index in [1.165, 1.54) is 0 Å². The Kier molecular flexibility index (Phi) is 3.74. The minimum absolute atomic E-state index is 0.0472. The molecule has 0 bridgehead atoms. The maximum atomic E-state index is 12.6. The summed E-state index contributed by atoms with van der Waals surface area (Å²) >= 11 is 5.88. The van der Waals surface area contributed by atoms with Crippen molar-refractivity contribution in [2.75, 3.05) is 13.7 Å². The van der Waals surface area contributed by atoms with Gasteiger partial charge < -0.3 is 9.64 Å². The maximum Gasteiger partial charge on any atom is 0.227 e. The standard InChI is InChI=1S/C17H22ClNO2/c1-17(2)15(13-8-9-21-16(13)17)19(3)14(20)10-11-4-6-12(18)7-5-11/h4-7,13,15-16H,8-10H2,1-3H3/t13-,15-,16-/m1/s1. The summed E-state index contributed by atoms with van der Waals surface area (Å²) in [7, 11) is 1.93. The van der Waals surface area contributed by atoms with Gasteiger partial charge in [-0.05, 0) is 24.1 Å². The van der Waals surface area contributed by atoms with Crippen molar-refractivity contribution in [3.05, 3.63) is 34.9 Å². The lowest BCUT2D eigenvalue weighted by Crippen LogP contribution is -2.67. The van der Waals surface area contributed by atoms with Gasteiger partial charge in [0.05, 0.1) is 12.5 Å². The van der Waals surface area contributed by atoms with E-state index in [2.05, 4.69) is 13.8 Å². The van der Waals surface area contributed by atoms with Gasteiger partial charge in [0, 0.05) is 36.1 Å². The Morgan fingerprint density at radius 2 is 2.05 bits per heavy atom. The van der Waals surface area contributed by atoms with Crippen LogP contribution in [0.25, 0.3) is 0 Å². The van der Waals surface area contributed by atoms with Crippen molar-refractivity contribution in [2.24, 2.45) is 11.3 Å². The van der Waals surface area contributed by atoms with E-state index in [9.17, 15) is 4.79 Å². The fraction of sp³-hybridized carbons (Fsp3) is 0.588. The van der Waals surface area contributed by atoms with Crippen molar-refractivity contribution in [1.29, 1.82) is 0 Å². The van der Waals surface area contributed by atoms with Crippen LogP contribution in [0.5, 0.6) is 0 Å². The molecule has 1 amide bonds. The average Bonchev–Trinajstić information content (AvgIpc) is 2.87. The van der Waals surface area contributed by atoms with Crippen molar-refractivity contribution < 1.29 is 9.53 Å². The first-order valence-corrected chi connectivity index (χ1v) is 7.91. The van der Waals surface area contributed by atoms with E-state index in [1.807, 2.05) is 36.2 Å². The zero-order chi connectivity index (χ0) is 15.2. The van der Waals surface area contributed by atoms with Gasteiger partial charge in [0.2, 0.25) is 5.91 Å². The predicted octanol–water partition coefficient (Wildman–Crippen LogP) is 3.15. The van der Waals surface area contributed by atoms with Gasteiger partial charge in [0.15, 0.2) is 0 Å². The number of hydrogen-bond donors (Lipinski definition) is 0. The summed E-state index contributed by atoms with van der Waals surface area (Å²) in [4.78, 5) is 14.5. The molecule has 0 N–H and O–H groups in total. The number of rotatable bonds is 3. The van der Waals surface area contributed by atoms with E-state index in [4.69, 9.17) is 16.3 Å². The summed E-state index contributed by atoms with van der Waals surface area (Å²) < 4.78 is 5.81. The van der Waals surface area contributed by atoms with Crippen LogP contribution in [0.2, 0.25) is 5.02 Å². The SMILES string of the molecule is CN(C(=O)Cc1ccc(Cl)cc1)[C@@H]1[C@H]2CCO[C@H]2C1(C)C. The van der Waals surface area contributed by atoms with E-state index in [-0.39, 0.29) is 17.4 Å². The largest absolute Gasteiger partial charge is 0.377 e. The Morgan fingerprint density at radius 3 is 2.71 bits per heavy atom. The molecular formula is C17H22ClNO2. The van der Waals surface area contributed by atoms with Crippen LogP contribution in [-0.2, 0) is 16.0 Å². The molecule has 3 atom stereocenters. The first-order chi connectivity index (χ1) is 9.91. The van der Waals surface area contributed by atoms with Gasteiger partial charge >= 0.3 is 0 Å². The maximum absolute atomic E-state index is 12.6.